The molecule has 174 valence electrons. The minimum absolute atomic E-state index is 0.0884. The quantitative estimate of drug-likeness (QED) is 0.586. The maximum Gasteiger partial charge on any atom is 0.418 e. The van der Waals surface area contributed by atoms with E-state index in [9.17, 15) is 32.3 Å². The van der Waals surface area contributed by atoms with E-state index in [1.54, 1.807) is 0 Å². The fourth-order valence-corrected chi connectivity index (χ4v) is 4.04. The standard InChI is InChI=1S/C21H19F3N4O5/c22-21(23,24)13-10-12(25-17(30)15-4-3-9-33-15)5-6-14(13)26-16(29)11-28-18(31)20(27-19(28)32)7-1-2-8-20/h3-6,9-10H,1-2,7-8,11H2,(H,25,30)(H,26,29)(H,27,32). The first-order valence-electron chi connectivity index (χ1n) is 10.1. The maximum absolute atomic E-state index is 13.6. The molecule has 1 aliphatic heterocycles. The Morgan fingerprint density at radius 3 is 2.48 bits per heavy atom. The SMILES string of the molecule is O=C(CN1C(=O)NC2(CCCC2)C1=O)Nc1ccc(NC(=O)c2ccco2)cc1C(F)(F)F. The Bertz CT molecular complexity index is 1110. The molecule has 12 heteroatoms. The predicted octanol–water partition coefficient (Wildman–Crippen LogP) is 3.35. The molecule has 2 heterocycles. The molecule has 2 aromatic rings. The van der Waals surface area contributed by atoms with Gasteiger partial charge in [0, 0.05) is 5.69 Å². The Hall–Kier alpha value is -3.83. The molecule has 33 heavy (non-hydrogen) atoms. The normalized spacial score (nSPS) is 17.4. The number of carbonyl (C=O) groups is 4. The number of amides is 5. The molecule has 0 atom stereocenters. The lowest BCUT2D eigenvalue weighted by molar-refractivity contribution is -0.137. The lowest BCUT2D eigenvalue weighted by atomic mass is 9.98. The fourth-order valence-electron chi connectivity index (χ4n) is 4.04. The number of benzene rings is 1. The largest absolute Gasteiger partial charge is 0.459 e. The van der Waals surface area contributed by atoms with E-state index in [1.165, 1.54) is 24.5 Å². The van der Waals surface area contributed by atoms with Crippen molar-refractivity contribution in [1.82, 2.24) is 10.2 Å². The number of anilines is 2. The third-order valence-electron chi connectivity index (χ3n) is 5.61. The van der Waals surface area contributed by atoms with Crippen molar-refractivity contribution in [3.05, 3.63) is 47.9 Å². The highest BCUT2D eigenvalue weighted by Crippen LogP contribution is 2.37. The summed E-state index contributed by atoms with van der Waals surface area (Å²) in [6, 6.07) is 4.87. The average Bonchev–Trinajstić information content (AvgIpc) is 3.48. The van der Waals surface area contributed by atoms with Crippen molar-refractivity contribution in [3.8, 4) is 0 Å². The summed E-state index contributed by atoms with van der Waals surface area (Å²) in [6.07, 6.45) is -1.19. The molecular weight excluding hydrogens is 445 g/mol. The van der Waals surface area contributed by atoms with E-state index in [2.05, 4.69) is 16.0 Å². The monoisotopic (exact) mass is 464 g/mol. The first-order chi connectivity index (χ1) is 15.6. The minimum Gasteiger partial charge on any atom is -0.459 e. The Kier molecular flexibility index (Phi) is 5.60. The van der Waals surface area contributed by atoms with Crippen LogP contribution in [0.5, 0.6) is 0 Å². The van der Waals surface area contributed by atoms with Gasteiger partial charge in [-0.1, -0.05) is 12.8 Å². The number of hydrogen-bond donors (Lipinski definition) is 3. The van der Waals surface area contributed by atoms with Crippen LogP contribution < -0.4 is 16.0 Å². The summed E-state index contributed by atoms with van der Waals surface area (Å²) in [5, 5.41) is 6.99. The van der Waals surface area contributed by atoms with E-state index < -0.39 is 53.3 Å². The number of alkyl halides is 3. The summed E-state index contributed by atoms with van der Waals surface area (Å²) < 4.78 is 45.7. The smallest absolute Gasteiger partial charge is 0.418 e. The second kappa shape index (κ2) is 8.26. The van der Waals surface area contributed by atoms with Crippen molar-refractivity contribution in [2.75, 3.05) is 17.2 Å². The maximum atomic E-state index is 13.6. The van der Waals surface area contributed by atoms with E-state index in [1.807, 2.05) is 0 Å². The van der Waals surface area contributed by atoms with Crippen LogP contribution in [-0.2, 0) is 15.8 Å². The highest BCUT2D eigenvalue weighted by molar-refractivity contribution is 6.10. The van der Waals surface area contributed by atoms with Crippen LogP contribution in [-0.4, -0.2) is 40.7 Å². The summed E-state index contributed by atoms with van der Waals surface area (Å²) in [5.74, 6) is -2.35. The molecule has 1 saturated carbocycles. The van der Waals surface area contributed by atoms with Gasteiger partial charge >= 0.3 is 12.2 Å². The number of nitrogens with zero attached hydrogens (tertiary/aromatic N) is 1. The first-order valence-corrected chi connectivity index (χ1v) is 10.1. The van der Waals surface area contributed by atoms with Gasteiger partial charge in [0.05, 0.1) is 17.5 Å². The summed E-state index contributed by atoms with van der Waals surface area (Å²) >= 11 is 0. The second-order valence-corrected chi connectivity index (χ2v) is 7.85. The molecule has 1 aromatic heterocycles. The zero-order valence-corrected chi connectivity index (χ0v) is 17.1. The van der Waals surface area contributed by atoms with Crippen molar-refractivity contribution in [1.29, 1.82) is 0 Å². The van der Waals surface area contributed by atoms with Gasteiger partial charge in [-0.05, 0) is 43.2 Å². The number of halogens is 3. The number of nitrogens with one attached hydrogen (secondary N) is 3. The molecular formula is C21H19F3N4O5. The topological polar surface area (TPSA) is 121 Å². The van der Waals surface area contributed by atoms with Gasteiger partial charge in [-0.25, -0.2) is 4.79 Å². The predicted molar refractivity (Wildman–Crippen MR) is 108 cm³/mol. The molecule has 2 aliphatic rings. The summed E-state index contributed by atoms with van der Waals surface area (Å²) in [7, 11) is 0. The van der Waals surface area contributed by atoms with Gasteiger partial charge in [0.25, 0.3) is 11.8 Å². The first kappa shape index (κ1) is 22.4. The molecule has 0 radical (unpaired) electrons. The van der Waals surface area contributed by atoms with Crippen molar-refractivity contribution < 1.29 is 36.8 Å². The molecule has 1 saturated heterocycles. The van der Waals surface area contributed by atoms with Gasteiger partial charge in [0.15, 0.2) is 5.76 Å². The van der Waals surface area contributed by atoms with Crippen LogP contribution in [0.25, 0.3) is 0 Å². The number of furan rings is 1. The molecule has 1 aliphatic carbocycles. The van der Waals surface area contributed by atoms with Gasteiger partial charge in [-0.15, -0.1) is 0 Å². The number of urea groups is 1. The highest BCUT2D eigenvalue weighted by Gasteiger charge is 2.52. The fraction of sp³-hybridized carbons (Fsp3) is 0.333. The van der Waals surface area contributed by atoms with E-state index in [-0.39, 0.29) is 11.4 Å². The van der Waals surface area contributed by atoms with Gasteiger partial charge in [-0.3, -0.25) is 19.3 Å². The van der Waals surface area contributed by atoms with Crippen LogP contribution >= 0.6 is 0 Å². The summed E-state index contributed by atoms with van der Waals surface area (Å²) in [4.78, 5) is 50.0. The van der Waals surface area contributed by atoms with E-state index in [0.717, 1.165) is 18.9 Å². The van der Waals surface area contributed by atoms with E-state index in [0.29, 0.717) is 23.8 Å². The van der Waals surface area contributed by atoms with Gasteiger partial charge in [0.1, 0.15) is 12.1 Å². The van der Waals surface area contributed by atoms with Crippen LogP contribution in [0.15, 0.2) is 41.0 Å². The molecule has 1 spiro atoms. The second-order valence-electron chi connectivity index (χ2n) is 7.85. The average molecular weight is 464 g/mol. The lowest BCUT2D eigenvalue weighted by Gasteiger charge is -2.20. The summed E-state index contributed by atoms with van der Waals surface area (Å²) in [6.45, 7) is -0.722. The Balaban J connectivity index is 1.49. The Morgan fingerprint density at radius 2 is 1.85 bits per heavy atom. The number of carbonyl (C=O) groups excluding carboxylic acids is 4. The van der Waals surface area contributed by atoms with Crippen molar-refractivity contribution in [2.24, 2.45) is 0 Å². The third-order valence-corrected chi connectivity index (χ3v) is 5.61. The zero-order valence-electron chi connectivity index (χ0n) is 17.1. The lowest BCUT2D eigenvalue weighted by Crippen LogP contribution is -2.44. The molecule has 0 bridgehead atoms. The number of imide groups is 1. The Morgan fingerprint density at radius 1 is 1.12 bits per heavy atom. The van der Waals surface area contributed by atoms with Crippen LogP contribution in [0.3, 0.4) is 0 Å². The third kappa shape index (κ3) is 4.41. The number of rotatable bonds is 5. The molecule has 2 fully saturated rings. The summed E-state index contributed by atoms with van der Waals surface area (Å²) in [5.41, 5.74) is -2.98. The van der Waals surface area contributed by atoms with Crippen LogP contribution in [0.4, 0.5) is 29.3 Å². The molecule has 9 nitrogen and oxygen atoms in total. The minimum atomic E-state index is -4.86. The van der Waals surface area contributed by atoms with Crippen molar-refractivity contribution in [3.63, 3.8) is 0 Å². The molecule has 3 N–H and O–H groups in total. The molecule has 4 rings (SSSR count). The molecule has 0 unspecified atom stereocenters. The van der Waals surface area contributed by atoms with Crippen molar-refractivity contribution >= 4 is 35.1 Å². The van der Waals surface area contributed by atoms with Gasteiger partial charge in [-0.2, -0.15) is 13.2 Å². The molecule has 5 amide bonds. The van der Waals surface area contributed by atoms with Gasteiger partial charge in [0.2, 0.25) is 5.91 Å². The van der Waals surface area contributed by atoms with Crippen LogP contribution in [0.2, 0.25) is 0 Å². The van der Waals surface area contributed by atoms with E-state index in [4.69, 9.17) is 4.42 Å². The molecule has 1 aromatic carbocycles. The van der Waals surface area contributed by atoms with Crippen LogP contribution in [0, 0.1) is 0 Å². The Labute approximate surface area is 185 Å². The number of hydrogen-bond acceptors (Lipinski definition) is 5. The van der Waals surface area contributed by atoms with Crippen molar-refractivity contribution in [2.45, 2.75) is 37.4 Å². The van der Waals surface area contributed by atoms with Crippen LogP contribution in [0.1, 0.15) is 41.8 Å². The van der Waals surface area contributed by atoms with Gasteiger partial charge < -0.3 is 20.4 Å². The zero-order chi connectivity index (χ0) is 23.8. The highest BCUT2D eigenvalue weighted by atomic mass is 19.4. The van der Waals surface area contributed by atoms with E-state index >= 15 is 0 Å².